The lowest BCUT2D eigenvalue weighted by Gasteiger charge is -2.26. The molecule has 0 fully saturated rings. The van der Waals surface area contributed by atoms with Crippen LogP contribution in [0.25, 0.3) is 0 Å². The van der Waals surface area contributed by atoms with E-state index in [4.69, 9.17) is 22.9 Å². The largest absolute Gasteiger partial charge is 0.356 e. The summed E-state index contributed by atoms with van der Waals surface area (Å²) in [6.45, 7) is 11.4. The van der Waals surface area contributed by atoms with Gasteiger partial charge in [0.2, 0.25) is 23.6 Å². The zero-order valence-electron chi connectivity index (χ0n) is 47.2. The van der Waals surface area contributed by atoms with Gasteiger partial charge in [-0.2, -0.15) is 0 Å². The SMILES string of the molecule is CCCCCCCC/C=C\CCCCCCCC(=O)NCCCN(CCCCCN(CCCNC(=O)CCCCCCCCCCCCCCCCC)C(=O)CN)C(=O)C(N)CCCCN.CCCCN. The highest BCUT2D eigenvalue weighted by Gasteiger charge is 2.20. The minimum Gasteiger partial charge on any atom is -0.356 e. The summed E-state index contributed by atoms with van der Waals surface area (Å²) in [5, 5.41) is 6.09. The summed E-state index contributed by atoms with van der Waals surface area (Å²) in [6, 6.07) is -0.561. The van der Waals surface area contributed by atoms with Crippen LogP contribution in [-0.4, -0.2) is 98.4 Å². The number of hydrogen-bond donors (Lipinski definition) is 6. The van der Waals surface area contributed by atoms with E-state index in [0.717, 1.165) is 70.8 Å². The molecule has 420 valence electrons. The van der Waals surface area contributed by atoms with E-state index in [2.05, 4.69) is 43.6 Å². The van der Waals surface area contributed by atoms with Crippen molar-refractivity contribution in [2.24, 2.45) is 22.9 Å². The normalized spacial score (nSPS) is 11.6. The minimum atomic E-state index is -0.561. The van der Waals surface area contributed by atoms with Crippen molar-refractivity contribution in [3.8, 4) is 0 Å². The van der Waals surface area contributed by atoms with Crippen LogP contribution in [0.2, 0.25) is 0 Å². The Balaban J connectivity index is 0. The number of carbonyl (C=O) groups is 4. The van der Waals surface area contributed by atoms with E-state index in [0.29, 0.717) is 77.9 Å². The van der Waals surface area contributed by atoms with Crippen molar-refractivity contribution in [2.45, 2.75) is 284 Å². The number of nitrogens with one attached hydrogen (secondary N) is 2. The molecule has 1 atom stereocenters. The molecule has 0 saturated heterocycles. The Morgan fingerprint density at radius 1 is 0.408 bits per heavy atom. The maximum absolute atomic E-state index is 13.4. The van der Waals surface area contributed by atoms with Crippen molar-refractivity contribution in [2.75, 3.05) is 58.9 Å². The summed E-state index contributed by atoms with van der Waals surface area (Å²) < 4.78 is 0. The van der Waals surface area contributed by atoms with Gasteiger partial charge in [0.25, 0.3) is 0 Å². The number of amides is 4. The predicted octanol–water partition coefficient (Wildman–Crippen LogP) is 12.3. The van der Waals surface area contributed by atoms with Crippen LogP contribution in [0.4, 0.5) is 0 Å². The van der Waals surface area contributed by atoms with Crippen LogP contribution < -0.4 is 33.6 Å². The molecule has 0 spiro atoms. The molecule has 0 aromatic carbocycles. The van der Waals surface area contributed by atoms with E-state index in [1.165, 1.54) is 161 Å². The van der Waals surface area contributed by atoms with Crippen LogP contribution >= 0.6 is 0 Å². The first-order valence-corrected chi connectivity index (χ1v) is 30.3. The van der Waals surface area contributed by atoms with Gasteiger partial charge in [0.1, 0.15) is 0 Å². The summed E-state index contributed by atoms with van der Waals surface area (Å²) in [5.41, 5.74) is 22.9. The van der Waals surface area contributed by atoms with Crippen molar-refractivity contribution in [1.82, 2.24) is 20.4 Å². The third-order valence-electron chi connectivity index (χ3n) is 13.6. The Hall–Kier alpha value is -2.54. The Morgan fingerprint density at radius 3 is 1.15 bits per heavy atom. The van der Waals surface area contributed by atoms with Gasteiger partial charge in [-0.25, -0.2) is 0 Å². The maximum atomic E-state index is 13.4. The third-order valence-corrected chi connectivity index (χ3v) is 13.6. The highest BCUT2D eigenvalue weighted by molar-refractivity contribution is 5.81. The zero-order chi connectivity index (χ0) is 52.5. The average Bonchev–Trinajstić information content (AvgIpc) is 3.37. The molecule has 0 aliphatic heterocycles. The molecule has 10 N–H and O–H groups in total. The lowest BCUT2D eigenvalue weighted by Crippen LogP contribution is -2.45. The minimum absolute atomic E-state index is 0.0378. The molecule has 12 nitrogen and oxygen atoms in total. The zero-order valence-corrected chi connectivity index (χ0v) is 47.2. The smallest absolute Gasteiger partial charge is 0.239 e. The van der Waals surface area contributed by atoms with Crippen LogP contribution in [-0.2, 0) is 19.2 Å². The number of unbranched alkanes of at least 4 members (excludes halogenated alkanes) is 29. The molecule has 0 aromatic heterocycles. The molecule has 71 heavy (non-hydrogen) atoms. The highest BCUT2D eigenvalue weighted by atomic mass is 16.2. The molecule has 0 heterocycles. The monoisotopic (exact) mass is 1000 g/mol. The molecule has 0 aliphatic rings. The van der Waals surface area contributed by atoms with Crippen LogP contribution in [0.3, 0.4) is 0 Å². The summed E-state index contributed by atoms with van der Waals surface area (Å²) >= 11 is 0. The summed E-state index contributed by atoms with van der Waals surface area (Å²) in [4.78, 5) is 54.7. The Morgan fingerprint density at radius 2 is 0.761 bits per heavy atom. The molecule has 1 unspecified atom stereocenters. The highest BCUT2D eigenvalue weighted by Crippen LogP contribution is 2.15. The topological polar surface area (TPSA) is 203 Å². The van der Waals surface area contributed by atoms with Crippen LogP contribution in [0.15, 0.2) is 12.2 Å². The second-order valence-corrected chi connectivity index (χ2v) is 20.4. The quantitative estimate of drug-likeness (QED) is 0.0255. The lowest BCUT2D eigenvalue weighted by molar-refractivity contribution is -0.133. The number of hydrogen-bond acceptors (Lipinski definition) is 8. The molecule has 0 saturated carbocycles. The fraction of sp³-hybridized carbons (Fsp3) is 0.898. The van der Waals surface area contributed by atoms with E-state index < -0.39 is 6.04 Å². The van der Waals surface area contributed by atoms with E-state index in [1.807, 2.05) is 4.90 Å². The fourth-order valence-corrected chi connectivity index (χ4v) is 8.86. The Bertz CT molecular complexity index is 1190. The number of rotatable bonds is 53. The van der Waals surface area contributed by atoms with Gasteiger partial charge in [0.05, 0.1) is 12.6 Å². The summed E-state index contributed by atoms with van der Waals surface area (Å²) in [5.74, 6) is 0.0426. The number of nitrogens with two attached hydrogens (primary N) is 4. The molecule has 0 aliphatic carbocycles. The first kappa shape index (κ1) is 70.5. The van der Waals surface area contributed by atoms with E-state index >= 15 is 0 Å². The van der Waals surface area contributed by atoms with Gasteiger partial charge in [-0.15, -0.1) is 0 Å². The maximum Gasteiger partial charge on any atom is 0.239 e. The van der Waals surface area contributed by atoms with Crippen molar-refractivity contribution in [3.63, 3.8) is 0 Å². The van der Waals surface area contributed by atoms with Gasteiger partial charge in [0.15, 0.2) is 0 Å². The molecular formula is C59H120N8O4. The molecule has 0 aromatic rings. The van der Waals surface area contributed by atoms with Gasteiger partial charge in [0, 0.05) is 52.1 Å². The average molecular weight is 1010 g/mol. The Kier molecular flexibility index (Phi) is 58.0. The van der Waals surface area contributed by atoms with Crippen molar-refractivity contribution < 1.29 is 19.2 Å². The summed E-state index contributed by atoms with van der Waals surface area (Å²) in [7, 11) is 0. The lowest BCUT2D eigenvalue weighted by atomic mass is 10.0. The molecule has 0 radical (unpaired) electrons. The second-order valence-electron chi connectivity index (χ2n) is 20.4. The molecule has 0 bridgehead atoms. The van der Waals surface area contributed by atoms with Gasteiger partial charge < -0.3 is 43.4 Å². The van der Waals surface area contributed by atoms with Crippen molar-refractivity contribution in [3.05, 3.63) is 12.2 Å². The molecular weight excluding hydrogens is 885 g/mol. The van der Waals surface area contributed by atoms with E-state index in [9.17, 15) is 19.2 Å². The predicted molar refractivity (Wildman–Crippen MR) is 305 cm³/mol. The van der Waals surface area contributed by atoms with Gasteiger partial charge in [-0.3, -0.25) is 19.2 Å². The first-order chi connectivity index (χ1) is 34.7. The van der Waals surface area contributed by atoms with E-state index in [-0.39, 0.29) is 30.2 Å². The van der Waals surface area contributed by atoms with Crippen LogP contribution in [0.1, 0.15) is 278 Å². The van der Waals surface area contributed by atoms with Crippen LogP contribution in [0.5, 0.6) is 0 Å². The number of allylic oxidation sites excluding steroid dienone is 2. The van der Waals surface area contributed by atoms with E-state index in [1.54, 1.807) is 4.90 Å². The first-order valence-electron chi connectivity index (χ1n) is 30.3. The fourth-order valence-electron chi connectivity index (χ4n) is 8.86. The number of nitrogens with zero attached hydrogens (tertiary/aromatic N) is 2. The van der Waals surface area contributed by atoms with Gasteiger partial charge in [-0.05, 0) is 103 Å². The molecule has 0 rings (SSSR count). The molecule has 4 amide bonds. The third kappa shape index (κ3) is 52.1. The summed E-state index contributed by atoms with van der Waals surface area (Å²) in [6.07, 6.45) is 49.9. The van der Waals surface area contributed by atoms with Crippen molar-refractivity contribution in [1.29, 1.82) is 0 Å². The van der Waals surface area contributed by atoms with Gasteiger partial charge >= 0.3 is 0 Å². The second kappa shape index (κ2) is 58.4. The Labute approximate surface area is 439 Å². The van der Waals surface area contributed by atoms with Gasteiger partial charge in [-0.1, -0.05) is 187 Å². The molecule has 12 heteroatoms. The van der Waals surface area contributed by atoms with Crippen LogP contribution in [0, 0.1) is 0 Å². The van der Waals surface area contributed by atoms with Crippen molar-refractivity contribution >= 4 is 23.6 Å². The standard InChI is InChI=1S/C55H109N7O4.C4H11N/c1-3-5-7-9-11-13-15-17-19-21-23-25-27-29-32-41-52(63)59-44-38-48-61(54(65)50-57)46-36-31-37-47-62(55(66)51(58)40-34-35-43-56)49-39-45-60-53(64)42-33-30-28-26-24-22-20-18-16-14-12-10-8-6-4-2;1-2-3-4-5/h18,20,51H,3-17,19,21-50,56-58H2,1-2H3,(H,59,63)(H,60,64);2-5H2,1H3/b20-18-;. The number of carbonyl (C=O) groups excluding carboxylic acids is 4.